The molecule has 1 unspecified atom stereocenters. The molecule has 0 aliphatic carbocycles. The van der Waals surface area contributed by atoms with E-state index in [9.17, 15) is 9.59 Å². The third-order valence-electron chi connectivity index (χ3n) is 4.25. The highest BCUT2D eigenvalue weighted by atomic mass is 16.5. The van der Waals surface area contributed by atoms with Crippen molar-refractivity contribution in [3.05, 3.63) is 65.2 Å². The second-order valence-electron chi connectivity index (χ2n) is 6.19. The van der Waals surface area contributed by atoms with Gasteiger partial charge in [0.1, 0.15) is 11.5 Å². The first kappa shape index (κ1) is 21.0. The molecule has 0 bridgehead atoms. The molecule has 6 heteroatoms. The number of benzene rings is 2. The molecular weight excluding hydrogens is 358 g/mol. The van der Waals surface area contributed by atoms with E-state index >= 15 is 0 Å². The van der Waals surface area contributed by atoms with Gasteiger partial charge in [0.15, 0.2) is 0 Å². The molecule has 0 saturated heterocycles. The lowest BCUT2D eigenvalue weighted by Crippen LogP contribution is -2.29. The van der Waals surface area contributed by atoms with E-state index in [0.717, 1.165) is 16.7 Å². The Bertz CT molecular complexity index is 843. The number of esters is 1. The summed E-state index contributed by atoms with van der Waals surface area (Å²) >= 11 is 0. The Kier molecular flexibility index (Phi) is 7.63. The topological polar surface area (TPSA) is 73.9 Å². The lowest BCUT2D eigenvalue weighted by molar-refractivity contribution is -0.141. The second-order valence-corrected chi connectivity index (χ2v) is 6.19. The van der Waals surface area contributed by atoms with Gasteiger partial charge in [-0.2, -0.15) is 0 Å². The SMILES string of the molecule is COC(=O)CC(NC(=O)/C=C/c1ccc(OC)cc1OC)c1ccc(C)cc1. The Morgan fingerprint density at radius 1 is 1.04 bits per heavy atom. The quantitative estimate of drug-likeness (QED) is 0.558. The zero-order valence-corrected chi connectivity index (χ0v) is 16.5. The van der Waals surface area contributed by atoms with Crippen molar-refractivity contribution >= 4 is 18.0 Å². The summed E-state index contributed by atoms with van der Waals surface area (Å²) in [4.78, 5) is 24.2. The van der Waals surface area contributed by atoms with Gasteiger partial charge in [0.05, 0.1) is 33.8 Å². The third kappa shape index (κ3) is 5.87. The van der Waals surface area contributed by atoms with Gasteiger partial charge in [-0.1, -0.05) is 29.8 Å². The zero-order chi connectivity index (χ0) is 20.5. The number of amides is 1. The zero-order valence-electron chi connectivity index (χ0n) is 16.5. The first-order chi connectivity index (χ1) is 13.5. The minimum Gasteiger partial charge on any atom is -0.497 e. The standard InChI is InChI=1S/C22H25NO5/c1-15-5-7-16(8-6-15)19(14-22(25)28-4)23-21(24)12-10-17-9-11-18(26-2)13-20(17)27-3/h5-13,19H,14H2,1-4H3,(H,23,24)/b12-10+. The number of carbonyl (C=O) groups is 2. The van der Waals surface area contributed by atoms with Gasteiger partial charge in [-0.05, 0) is 30.7 Å². The molecule has 0 aliphatic rings. The molecule has 0 fully saturated rings. The van der Waals surface area contributed by atoms with Crippen molar-refractivity contribution in [2.24, 2.45) is 0 Å². The van der Waals surface area contributed by atoms with E-state index in [0.29, 0.717) is 11.5 Å². The maximum absolute atomic E-state index is 12.4. The number of hydrogen-bond acceptors (Lipinski definition) is 5. The van der Waals surface area contributed by atoms with E-state index in [1.165, 1.54) is 13.2 Å². The van der Waals surface area contributed by atoms with Gasteiger partial charge in [-0.25, -0.2) is 0 Å². The maximum Gasteiger partial charge on any atom is 0.307 e. The minimum atomic E-state index is -0.483. The van der Waals surface area contributed by atoms with Gasteiger partial charge in [0.25, 0.3) is 0 Å². The van der Waals surface area contributed by atoms with E-state index in [1.54, 1.807) is 38.5 Å². The molecule has 2 aromatic rings. The van der Waals surface area contributed by atoms with Gasteiger partial charge >= 0.3 is 5.97 Å². The van der Waals surface area contributed by atoms with Crippen LogP contribution in [-0.4, -0.2) is 33.2 Å². The van der Waals surface area contributed by atoms with Crippen LogP contribution in [0.5, 0.6) is 11.5 Å². The smallest absolute Gasteiger partial charge is 0.307 e. The van der Waals surface area contributed by atoms with Gasteiger partial charge in [-0.3, -0.25) is 9.59 Å². The van der Waals surface area contributed by atoms with Crippen LogP contribution < -0.4 is 14.8 Å². The summed E-state index contributed by atoms with van der Waals surface area (Å²) in [6.45, 7) is 1.97. The van der Waals surface area contributed by atoms with Crippen molar-refractivity contribution in [1.82, 2.24) is 5.32 Å². The number of hydrogen-bond donors (Lipinski definition) is 1. The monoisotopic (exact) mass is 383 g/mol. The Morgan fingerprint density at radius 3 is 2.36 bits per heavy atom. The predicted octanol–water partition coefficient (Wildman–Crippen LogP) is 3.45. The van der Waals surface area contributed by atoms with Crippen molar-refractivity contribution in [2.75, 3.05) is 21.3 Å². The van der Waals surface area contributed by atoms with E-state index in [1.807, 2.05) is 31.2 Å². The average molecular weight is 383 g/mol. The number of aryl methyl sites for hydroxylation is 1. The molecule has 0 aromatic heterocycles. The average Bonchev–Trinajstić information content (AvgIpc) is 2.72. The van der Waals surface area contributed by atoms with Crippen LogP contribution in [0.25, 0.3) is 6.08 Å². The number of rotatable bonds is 8. The van der Waals surface area contributed by atoms with Crippen molar-refractivity contribution in [1.29, 1.82) is 0 Å². The van der Waals surface area contributed by atoms with E-state index in [4.69, 9.17) is 14.2 Å². The summed E-state index contributed by atoms with van der Waals surface area (Å²) < 4.78 is 15.2. The second kappa shape index (κ2) is 10.2. The van der Waals surface area contributed by atoms with Crippen molar-refractivity contribution < 1.29 is 23.8 Å². The number of carbonyl (C=O) groups excluding carboxylic acids is 2. The van der Waals surface area contributed by atoms with E-state index in [2.05, 4.69) is 5.32 Å². The normalized spacial score (nSPS) is 11.7. The van der Waals surface area contributed by atoms with Gasteiger partial charge < -0.3 is 19.5 Å². The van der Waals surface area contributed by atoms with Crippen LogP contribution >= 0.6 is 0 Å². The molecule has 0 radical (unpaired) electrons. The molecule has 148 valence electrons. The molecule has 1 atom stereocenters. The number of methoxy groups -OCH3 is 3. The lowest BCUT2D eigenvalue weighted by atomic mass is 10.0. The molecule has 0 aliphatic heterocycles. The van der Waals surface area contributed by atoms with Crippen LogP contribution in [0.4, 0.5) is 0 Å². The van der Waals surface area contributed by atoms with Gasteiger partial charge in [0.2, 0.25) is 5.91 Å². The Balaban J connectivity index is 2.15. The first-order valence-corrected chi connectivity index (χ1v) is 8.80. The summed E-state index contributed by atoms with van der Waals surface area (Å²) in [5, 5.41) is 2.86. The molecule has 1 amide bonds. The maximum atomic E-state index is 12.4. The highest BCUT2D eigenvalue weighted by Gasteiger charge is 2.18. The molecule has 0 spiro atoms. The van der Waals surface area contributed by atoms with Crippen LogP contribution in [0.1, 0.15) is 29.2 Å². The molecule has 2 aromatic carbocycles. The molecule has 6 nitrogen and oxygen atoms in total. The summed E-state index contributed by atoms with van der Waals surface area (Å²) in [5.41, 5.74) is 2.66. The summed E-state index contributed by atoms with van der Waals surface area (Å²) in [6.07, 6.45) is 3.10. The number of ether oxygens (including phenoxy) is 3. The summed E-state index contributed by atoms with van der Waals surface area (Å²) in [7, 11) is 4.45. The van der Waals surface area contributed by atoms with E-state index in [-0.39, 0.29) is 12.3 Å². The summed E-state index contributed by atoms with van der Waals surface area (Å²) in [5.74, 6) is 0.531. The van der Waals surface area contributed by atoms with Gasteiger partial charge in [0, 0.05) is 17.7 Å². The van der Waals surface area contributed by atoms with Crippen LogP contribution in [0.2, 0.25) is 0 Å². The molecule has 0 heterocycles. The highest BCUT2D eigenvalue weighted by Crippen LogP contribution is 2.25. The third-order valence-corrected chi connectivity index (χ3v) is 4.25. The lowest BCUT2D eigenvalue weighted by Gasteiger charge is -2.17. The fraction of sp³-hybridized carbons (Fsp3) is 0.273. The van der Waals surface area contributed by atoms with Crippen molar-refractivity contribution in [3.8, 4) is 11.5 Å². The van der Waals surface area contributed by atoms with Gasteiger partial charge in [-0.15, -0.1) is 0 Å². The fourth-order valence-electron chi connectivity index (χ4n) is 2.64. The number of nitrogens with one attached hydrogen (secondary N) is 1. The van der Waals surface area contributed by atoms with E-state index < -0.39 is 12.0 Å². The van der Waals surface area contributed by atoms with Crippen LogP contribution in [0.3, 0.4) is 0 Å². The highest BCUT2D eigenvalue weighted by molar-refractivity contribution is 5.92. The molecule has 0 saturated carbocycles. The van der Waals surface area contributed by atoms with Crippen molar-refractivity contribution in [2.45, 2.75) is 19.4 Å². The molecule has 28 heavy (non-hydrogen) atoms. The molecule has 2 rings (SSSR count). The minimum absolute atomic E-state index is 0.0466. The Morgan fingerprint density at radius 2 is 1.75 bits per heavy atom. The Labute approximate surface area is 165 Å². The van der Waals surface area contributed by atoms with Crippen LogP contribution in [-0.2, 0) is 14.3 Å². The Hall–Kier alpha value is -3.28. The van der Waals surface area contributed by atoms with Crippen LogP contribution in [0.15, 0.2) is 48.5 Å². The van der Waals surface area contributed by atoms with Crippen LogP contribution in [0, 0.1) is 6.92 Å². The summed E-state index contributed by atoms with van der Waals surface area (Å²) in [6, 6.07) is 12.5. The van der Waals surface area contributed by atoms with Crippen molar-refractivity contribution in [3.63, 3.8) is 0 Å². The molecular formula is C22H25NO5. The largest absolute Gasteiger partial charge is 0.497 e. The first-order valence-electron chi connectivity index (χ1n) is 8.80. The predicted molar refractivity (Wildman–Crippen MR) is 107 cm³/mol. The molecule has 1 N–H and O–H groups in total. The fourth-order valence-corrected chi connectivity index (χ4v) is 2.64.